The van der Waals surface area contributed by atoms with Gasteiger partial charge in [-0.3, -0.25) is 19.2 Å². The number of carbonyl (C=O) groups is 4. The van der Waals surface area contributed by atoms with Gasteiger partial charge in [-0.15, -0.1) is 0 Å². The van der Waals surface area contributed by atoms with Crippen molar-refractivity contribution in [2.24, 2.45) is 0 Å². The summed E-state index contributed by atoms with van der Waals surface area (Å²) in [6.45, 7) is 0. The minimum atomic E-state index is 0.0841. The molecule has 0 aromatic heterocycles. The fraction of sp³-hybridized carbons (Fsp3) is 0. The molecule has 2 rings (SSSR count). The highest BCUT2D eigenvalue weighted by molar-refractivity contribution is 5.94. The summed E-state index contributed by atoms with van der Waals surface area (Å²) in [5.41, 5.74) is 0.533. The Labute approximate surface area is 120 Å². The number of benzene rings is 2. The van der Waals surface area contributed by atoms with Crippen molar-refractivity contribution >= 4 is 25.1 Å². The van der Waals surface area contributed by atoms with Crippen LogP contribution in [0.5, 0.6) is 11.5 Å². The summed E-state index contributed by atoms with van der Waals surface area (Å²) in [7, 11) is 0. The van der Waals surface area contributed by atoms with Crippen molar-refractivity contribution in [3.05, 3.63) is 58.7 Å². The Morgan fingerprint density at radius 3 is 1.38 bits per heavy atom. The average Bonchev–Trinajstić information content (AvgIpc) is 2.54. The largest absolute Gasteiger partial charge is 0.456 e. The molecule has 0 atom stereocenters. The van der Waals surface area contributed by atoms with E-state index in [4.69, 9.17) is 4.74 Å². The molecule has 21 heavy (non-hydrogen) atoms. The summed E-state index contributed by atoms with van der Waals surface area (Å²) in [6, 6.07) is 9.06. The number of carbonyl (C=O) groups excluding carboxylic acids is 4. The standard InChI is InChI=1S/C16H10O5/c17-7-11-3-1-5-15(13(11)9-19)21-16-6-2-4-12(8-18)14(16)10-20/h1-10H. The van der Waals surface area contributed by atoms with Gasteiger partial charge in [-0.1, -0.05) is 24.3 Å². The van der Waals surface area contributed by atoms with E-state index in [1.165, 1.54) is 24.3 Å². The fourth-order valence-electron chi connectivity index (χ4n) is 1.88. The molecular weight excluding hydrogens is 272 g/mol. The van der Waals surface area contributed by atoms with Crippen molar-refractivity contribution in [2.45, 2.75) is 0 Å². The highest BCUT2D eigenvalue weighted by Gasteiger charge is 2.13. The van der Waals surface area contributed by atoms with E-state index >= 15 is 0 Å². The molecule has 2 aromatic carbocycles. The van der Waals surface area contributed by atoms with Crippen molar-refractivity contribution in [1.29, 1.82) is 0 Å². The lowest BCUT2D eigenvalue weighted by molar-refractivity contribution is 0.109. The summed E-state index contributed by atoms with van der Waals surface area (Å²) in [5, 5.41) is 0. The molecule has 0 fully saturated rings. The third kappa shape index (κ3) is 2.76. The van der Waals surface area contributed by atoms with Gasteiger partial charge in [0.05, 0.1) is 11.1 Å². The number of aldehydes is 4. The van der Waals surface area contributed by atoms with Crippen LogP contribution in [0.1, 0.15) is 41.4 Å². The molecule has 0 N–H and O–H groups in total. The van der Waals surface area contributed by atoms with Crippen LogP contribution in [0.2, 0.25) is 0 Å². The molecule has 0 spiro atoms. The molecule has 0 aliphatic rings. The van der Waals surface area contributed by atoms with Gasteiger partial charge in [0, 0.05) is 11.1 Å². The van der Waals surface area contributed by atoms with Crippen LogP contribution in [0.25, 0.3) is 0 Å². The maximum atomic E-state index is 11.1. The summed E-state index contributed by atoms with van der Waals surface area (Å²) >= 11 is 0. The Kier molecular flexibility index (Phi) is 4.36. The summed E-state index contributed by atoms with van der Waals surface area (Å²) in [5.74, 6) is 0.279. The van der Waals surface area contributed by atoms with E-state index in [0.29, 0.717) is 25.1 Å². The van der Waals surface area contributed by atoms with Crippen LogP contribution in [-0.2, 0) is 0 Å². The van der Waals surface area contributed by atoms with Crippen LogP contribution >= 0.6 is 0 Å². The highest BCUT2D eigenvalue weighted by Crippen LogP contribution is 2.29. The molecule has 0 aliphatic carbocycles. The monoisotopic (exact) mass is 282 g/mol. The minimum absolute atomic E-state index is 0.0841. The zero-order chi connectivity index (χ0) is 15.2. The van der Waals surface area contributed by atoms with Crippen LogP contribution < -0.4 is 4.74 Å². The van der Waals surface area contributed by atoms with Crippen molar-refractivity contribution in [1.82, 2.24) is 0 Å². The SMILES string of the molecule is O=Cc1cccc(Oc2cccc(C=O)c2C=O)c1C=O. The molecular formula is C16H10O5. The molecule has 0 heterocycles. The maximum absolute atomic E-state index is 11.1. The van der Waals surface area contributed by atoms with Gasteiger partial charge in [0.2, 0.25) is 0 Å². The lowest BCUT2D eigenvalue weighted by Crippen LogP contribution is -1.99. The first-order valence-corrected chi connectivity index (χ1v) is 5.99. The van der Waals surface area contributed by atoms with Crippen LogP contribution in [0, 0.1) is 0 Å². The van der Waals surface area contributed by atoms with Crippen molar-refractivity contribution in [2.75, 3.05) is 0 Å². The Bertz CT molecular complexity index is 657. The van der Waals surface area contributed by atoms with Gasteiger partial charge in [-0.2, -0.15) is 0 Å². The van der Waals surface area contributed by atoms with E-state index in [-0.39, 0.29) is 33.8 Å². The zero-order valence-electron chi connectivity index (χ0n) is 10.8. The topological polar surface area (TPSA) is 77.5 Å². The quantitative estimate of drug-likeness (QED) is 0.761. The van der Waals surface area contributed by atoms with E-state index in [1.807, 2.05) is 0 Å². The Hall–Kier alpha value is -3.08. The molecule has 0 amide bonds. The summed E-state index contributed by atoms with van der Waals surface area (Å²) < 4.78 is 5.53. The lowest BCUT2D eigenvalue weighted by Gasteiger charge is -2.11. The van der Waals surface area contributed by atoms with Gasteiger partial charge in [-0.05, 0) is 12.1 Å². The summed E-state index contributed by atoms with van der Waals surface area (Å²) in [6.07, 6.45) is 2.09. The molecule has 0 aliphatic heterocycles. The number of rotatable bonds is 6. The third-order valence-electron chi connectivity index (χ3n) is 2.91. The molecule has 0 bridgehead atoms. The van der Waals surface area contributed by atoms with E-state index in [0.717, 1.165) is 0 Å². The van der Waals surface area contributed by atoms with E-state index in [2.05, 4.69) is 0 Å². The fourth-order valence-corrected chi connectivity index (χ4v) is 1.88. The Morgan fingerprint density at radius 2 is 1.05 bits per heavy atom. The Balaban J connectivity index is 2.53. The first kappa shape index (κ1) is 14.3. The minimum Gasteiger partial charge on any atom is -0.456 e. The number of ether oxygens (including phenoxy) is 1. The zero-order valence-corrected chi connectivity index (χ0v) is 10.8. The molecule has 0 radical (unpaired) electrons. The van der Waals surface area contributed by atoms with Gasteiger partial charge in [0.25, 0.3) is 0 Å². The van der Waals surface area contributed by atoms with E-state index in [1.54, 1.807) is 12.1 Å². The first-order valence-electron chi connectivity index (χ1n) is 5.99. The predicted molar refractivity (Wildman–Crippen MR) is 74.5 cm³/mol. The normalized spacial score (nSPS) is 9.71. The predicted octanol–water partition coefficient (Wildman–Crippen LogP) is 2.73. The van der Waals surface area contributed by atoms with Gasteiger partial charge in [0.15, 0.2) is 25.1 Å². The molecule has 0 saturated heterocycles. The van der Waals surface area contributed by atoms with Gasteiger partial charge >= 0.3 is 0 Å². The van der Waals surface area contributed by atoms with Gasteiger partial charge in [0.1, 0.15) is 11.5 Å². The lowest BCUT2D eigenvalue weighted by atomic mass is 10.1. The smallest absolute Gasteiger partial charge is 0.154 e. The van der Waals surface area contributed by atoms with Crippen molar-refractivity contribution in [3.63, 3.8) is 0 Å². The molecule has 5 heteroatoms. The second-order valence-corrected chi connectivity index (χ2v) is 4.09. The van der Waals surface area contributed by atoms with E-state index in [9.17, 15) is 19.2 Å². The maximum Gasteiger partial charge on any atom is 0.154 e. The van der Waals surface area contributed by atoms with Crippen LogP contribution in [-0.4, -0.2) is 25.1 Å². The van der Waals surface area contributed by atoms with Crippen LogP contribution in [0.15, 0.2) is 36.4 Å². The third-order valence-corrected chi connectivity index (χ3v) is 2.91. The van der Waals surface area contributed by atoms with Gasteiger partial charge in [-0.25, -0.2) is 0 Å². The van der Waals surface area contributed by atoms with Crippen molar-refractivity contribution < 1.29 is 23.9 Å². The molecule has 5 nitrogen and oxygen atoms in total. The van der Waals surface area contributed by atoms with Crippen LogP contribution in [0.3, 0.4) is 0 Å². The average molecular weight is 282 g/mol. The molecule has 0 saturated carbocycles. The molecule has 104 valence electrons. The van der Waals surface area contributed by atoms with Gasteiger partial charge < -0.3 is 4.74 Å². The number of hydrogen-bond donors (Lipinski definition) is 0. The first-order chi connectivity index (χ1) is 10.2. The summed E-state index contributed by atoms with van der Waals surface area (Å²) in [4.78, 5) is 44.0. The van der Waals surface area contributed by atoms with E-state index < -0.39 is 0 Å². The second kappa shape index (κ2) is 6.38. The van der Waals surface area contributed by atoms with Crippen molar-refractivity contribution in [3.8, 4) is 11.5 Å². The Morgan fingerprint density at radius 1 is 0.619 bits per heavy atom. The molecule has 0 unspecified atom stereocenters. The van der Waals surface area contributed by atoms with Crippen LogP contribution in [0.4, 0.5) is 0 Å². The number of hydrogen-bond acceptors (Lipinski definition) is 5. The molecule has 2 aromatic rings. The highest BCUT2D eigenvalue weighted by atomic mass is 16.5. The second-order valence-electron chi connectivity index (χ2n) is 4.09.